The first-order valence-electron chi connectivity index (χ1n) is 3.96. The van der Waals surface area contributed by atoms with Gasteiger partial charge >= 0.3 is 5.82 Å². The van der Waals surface area contributed by atoms with E-state index in [0.717, 1.165) is 6.42 Å². The van der Waals surface area contributed by atoms with Gasteiger partial charge in [0.1, 0.15) is 0 Å². The fourth-order valence-corrected chi connectivity index (χ4v) is 1.19. The summed E-state index contributed by atoms with van der Waals surface area (Å²) in [6.45, 7) is 0.539. The van der Waals surface area contributed by atoms with Crippen LogP contribution in [0.3, 0.4) is 0 Å². The predicted molar refractivity (Wildman–Crippen MR) is 52.0 cm³/mol. The third-order valence-electron chi connectivity index (χ3n) is 1.58. The SMILES string of the molecule is C#CCCCn1cc(Cl)c([N+](=O)[O-])n1. The summed E-state index contributed by atoms with van der Waals surface area (Å²) in [5.74, 6) is 2.16. The highest BCUT2D eigenvalue weighted by molar-refractivity contribution is 6.32. The van der Waals surface area contributed by atoms with Crippen LogP contribution in [-0.4, -0.2) is 14.7 Å². The van der Waals surface area contributed by atoms with E-state index in [-0.39, 0.29) is 10.8 Å². The van der Waals surface area contributed by atoms with Crippen molar-refractivity contribution in [3.05, 3.63) is 21.3 Å². The number of unbranched alkanes of at least 4 members (excludes halogenated alkanes) is 1. The Bertz CT molecular complexity index is 380. The van der Waals surface area contributed by atoms with Gasteiger partial charge in [0.25, 0.3) is 0 Å². The van der Waals surface area contributed by atoms with Crippen LogP contribution >= 0.6 is 11.6 Å². The van der Waals surface area contributed by atoms with Crippen LogP contribution in [0, 0.1) is 22.5 Å². The van der Waals surface area contributed by atoms with Crippen LogP contribution in [0.15, 0.2) is 6.20 Å². The molecule has 0 saturated heterocycles. The van der Waals surface area contributed by atoms with Crippen molar-refractivity contribution < 1.29 is 4.92 Å². The minimum atomic E-state index is -0.611. The molecule has 74 valence electrons. The number of hydrogen-bond donors (Lipinski definition) is 0. The first-order valence-corrected chi connectivity index (χ1v) is 4.33. The van der Waals surface area contributed by atoms with Gasteiger partial charge in [-0.2, -0.15) is 4.68 Å². The molecule has 0 bridgehead atoms. The Hall–Kier alpha value is -1.54. The molecule has 0 radical (unpaired) electrons. The van der Waals surface area contributed by atoms with Crippen LogP contribution in [0.2, 0.25) is 5.02 Å². The van der Waals surface area contributed by atoms with E-state index in [2.05, 4.69) is 11.0 Å². The summed E-state index contributed by atoms with van der Waals surface area (Å²) in [6, 6.07) is 0. The number of nitrogens with zero attached hydrogens (tertiary/aromatic N) is 3. The summed E-state index contributed by atoms with van der Waals surface area (Å²) < 4.78 is 1.43. The zero-order chi connectivity index (χ0) is 10.6. The summed E-state index contributed by atoms with van der Waals surface area (Å²) >= 11 is 5.59. The number of halogens is 1. The summed E-state index contributed by atoms with van der Waals surface area (Å²) in [5.41, 5.74) is 0. The lowest BCUT2D eigenvalue weighted by atomic mass is 10.3. The fraction of sp³-hybridized carbons (Fsp3) is 0.375. The summed E-state index contributed by atoms with van der Waals surface area (Å²) in [4.78, 5) is 9.77. The third kappa shape index (κ3) is 2.47. The number of nitro groups is 1. The summed E-state index contributed by atoms with van der Waals surface area (Å²) in [5, 5.41) is 14.1. The molecule has 6 heteroatoms. The van der Waals surface area contributed by atoms with Gasteiger partial charge in [0, 0.05) is 6.42 Å². The van der Waals surface area contributed by atoms with Crippen molar-refractivity contribution in [2.24, 2.45) is 0 Å². The van der Waals surface area contributed by atoms with E-state index < -0.39 is 4.92 Å². The van der Waals surface area contributed by atoms with Gasteiger partial charge in [-0.15, -0.1) is 12.3 Å². The third-order valence-corrected chi connectivity index (χ3v) is 1.85. The molecule has 1 rings (SSSR count). The predicted octanol–water partition coefficient (Wildman–Crippen LogP) is 1.86. The molecule has 0 fully saturated rings. The molecule has 0 saturated carbocycles. The van der Waals surface area contributed by atoms with Crippen LogP contribution in [0.4, 0.5) is 5.82 Å². The molecule has 5 nitrogen and oxygen atoms in total. The average Bonchev–Trinajstić information content (AvgIpc) is 2.47. The molecule has 0 aliphatic rings. The Morgan fingerprint density at radius 3 is 3.00 bits per heavy atom. The second-order valence-corrected chi connectivity index (χ2v) is 3.04. The van der Waals surface area contributed by atoms with Crippen molar-refractivity contribution in [3.63, 3.8) is 0 Å². The molecule has 0 amide bonds. The zero-order valence-electron chi connectivity index (χ0n) is 7.31. The van der Waals surface area contributed by atoms with Crippen LogP contribution in [-0.2, 0) is 6.54 Å². The summed E-state index contributed by atoms with van der Waals surface area (Å²) in [6.07, 6.45) is 7.83. The second kappa shape index (κ2) is 4.63. The van der Waals surface area contributed by atoms with Crippen LogP contribution in [0.25, 0.3) is 0 Å². The lowest BCUT2D eigenvalue weighted by molar-refractivity contribution is -0.389. The molecule has 0 atom stereocenters. The lowest BCUT2D eigenvalue weighted by Crippen LogP contribution is -1.99. The standard InChI is InChI=1S/C8H8ClN3O2/c1-2-3-4-5-11-6-7(9)8(10-11)12(13)14/h1,6H,3-5H2. The smallest absolute Gasteiger partial charge is 0.358 e. The van der Waals surface area contributed by atoms with Crippen molar-refractivity contribution >= 4 is 17.4 Å². The lowest BCUT2D eigenvalue weighted by Gasteiger charge is -1.91. The van der Waals surface area contributed by atoms with Gasteiger partial charge in [-0.1, -0.05) is 11.6 Å². The maximum Gasteiger partial charge on any atom is 0.408 e. The molecule has 0 spiro atoms. The van der Waals surface area contributed by atoms with Gasteiger partial charge in [0.05, 0.1) is 17.8 Å². The van der Waals surface area contributed by atoms with Gasteiger partial charge < -0.3 is 10.1 Å². The molecule has 1 heterocycles. The van der Waals surface area contributed by atoms with E-state index in [1.807, 2.05) is 0 Å². The van der Waals surface area contributed by atoms with Crippen LogP contribution in [0.1, 0.15) is 12.8 Å². The molecule has 0 N–H and O–H groups in total. The molecule has 1 aromatic heterocycles. The Morgan fingerprint density at radius 1 is 1.79 bits per heavy atom. The zero-order valence-corrected chi connectivity index (χ0v) is 8.07. The quantitative estimate of drug-likeness (QED) is 0.332. The molecular formula is C8H8ClN3O2. The van der Waals surface area contributed by atoms with Crippen molar-refractivity contribution in [1.82, 2.24) is 9.78 Å². The van der Waals surface area contributed by atoms with Gasteiger partial charge in [0.2, 0.25) is 0 Å². The molecule has 0 unspecified atom stereocenters. The number of aromatic nitrogens is 2. The van der Waals surface area contributed by atoms with E-state index in [4.69, 9.17) is 18.0 Å². The van der Waals surface area contributed by atoms with Crippen LogP contribution < -0.4 is 0 Å². The molecule has 0 aliphatic carbocycles. The monoisotopic (exact) mass is 213 g/mol. The largest absolute Gasteiger partial charge is 0.408 e. The Balaban J connectivity index is 2.67. The molecule has 0 aliphatic heterocycles. The van der Waals surface area contributed by atoms with E-state index in [1.54, 1.807) is 0 Å². The fourth-order valence-electron chi connectivity index (χ4n) is 0.968. The van der Waals surface area contributed by atoms with Gasteiger partial charge in [-0.3, -0.25) is 0 Å². The normalized spacial score (nSPS) is 9.71. The number of aryl methyl sites for hydroxylation is 1. The number of rotatable bonds is 4. The van der Waals surface area contributed by atoms with E-state index in [0.29, 0.717) is 13.0 Å². The minimum Gasteiger partial charge on any atom is -0.358 e. The van der Waals surface area contributed by atoms with E-state index >= 15 is 0 Å². The maximum atomic E-state index is 10.4. The molecule has 1 aromatic rings. The first-order chi connectivity index (χ1) is 6.65. The van der Waals surface area contributed by atoms with E-state index in [9.17, 15) is 10.1 Å². The van der Waals surface area contributed by atoms with E-state index in [1.165, 1.54) is 10.9 Å². The Kier molecular flexibility index (Phi) is 3.48. The van der Waals surface area contributed by atoms with Gasteiger partial charge in [-0.05, 0) is 11.3 Å². The highest BCUT2D eigenvalue weighted by Gasteiger charge is 2.18. The first kappa shape index (κ1) is 10.5. The van der Waals surface area contributed by atoms with Crippen LogP contribution in [0.5, 0.6) is 0 Å². The molecule has 0 aromatic carbocycles. The summed E-state index contributed by atoms with van der Waals surface area (Å²) in [7, 11) is 0. The number of hydrogen-bond acceptors (Lipinski definition) is 3. The molecular weight excluding hydrogens is 206 g/mol. The van der Waals surface area contributed by atoms with Gasteiger partial charge in [-0.25, -0.2) is 0 Å². The average molecular weight is 214 g/mol. The topological polar surface area (TPSA) is 61.0 Å². The Morgan fingerprint density at radius 2 is 2.50 bits per heavy atom. The van der Waals surface area contributed by atoms with Crippen molar-refractivity contribution in [2.75, 3.05) is 0 Å². The minimum absolute atomic E-state index is 0.0516. The van der Waals surface area contributed by atoms with Crippen molar-refractivity contribution in [2.45, 2.75) is 19.4 Å². The highest BCUT2D eigenvalue weighted by atomic mass is 35.5. The second-order valence-electron chi connectivity index (χ2n) is 2.63. The molecule has 14 heavy (non-hydrogen) atoms. The van der Waals surface area contributed by atoms with Crippen molar-refractivity contribution in [3.8, 4) is 12.3 Å². The van der Waals surface area contributed by atoms with Crippen molar-refractivity contribution in [1.29, 1.82) is 0 Å². The highest BCUT2D eigenvalue weighted by Crippen LogP contribution is 2.21. The van der Waals surface area contributed by atoms with Gasteiger partial charge in [0.15, 0.2) is 5.02 Å². The number of terminal acetylenes is 1. The Labute approximate surface area is 85.8 Å². The maximum absolute atomic E-state index is 10.4.